The second-order valence-electron chi connectivity index (χ2n) is 12.2. The number of rotatable bonds is 8. The van der Waals surface area contributed by atoms with Crippen molar-refractivity contribution in [3.8, 4) is 5.75 Å². The zero-order valence-electron chi connectivity index (χ0n) is 26.6. The van der Waals surface area contributed by atoms with Gasteiger partial charge in [-0.2, -0.15) is 4.98 Å². The summed E-state index contributed by atoms with van der Waals surface area (Å²) in [4.78, 5) is 19.0. The number of para-hydroxylation sites is 2. The van der Waals surface area contributed by atoms with E-state index in [9.17, 15) is 8.42 Å². The maximum absolute atomic E-state index is 13.6. The number of hydrogen-bond acceptors (Lipinski definition) is 10. The minimum atomic E-state index is -3.67. The van der Waals surface area contributed by atoms with E-state index in [-0.39, 0.29) is 10.8 Å². The highest BCUT2D eigenvalue weighted by molar-refractivity contribution is 7.92. The molecule has 2 aliphatic heterocycles. The number of nitrogen functional groups attached to an aromatic ring is 1. The van der Waals surface area contributed by atoms with Gasteiger partial charge in [-0.15, -0.1) is 0 Å². The van der Waals surface area contributed by atoms with Gasteiger partial charge in [0.1, 0.15) is 11.6 Å². The van der Waals surface area contributed by atoms with Crippen molar-refractivity contribution in [3.05, 3.63) is 66.7 Å². The first-order chi connectivity index (χ1) is 21.7. The van der Waals surface area contributed by atoms with Crippen molar-refractivity contribution >= 4 is 49.6 Å². The van der Waals surface area contributed by atoms with E-state index < -0.39 is 15.1 Å². The SMILES string of the molecule is COc1cc(N2CCC(N3CCN(C)CC3)CC2)ccc1N(c1nc(N)c2ccccc2n1)c1ccccc1S(=O)(=O)C(C)C. The maximum Gasteiger partial charge on any atom is 0.237 e. The number of nitrogens with zero attached hydrogens (tertiary/aromatic N) is 6. The average Bonchev–Trinajstić information content (AvgIpc) is 3.05. The largest absolute Gasteiger partial charge is 0.494 e. The van der Waals surface area contributed by atoms with Crippen LogP contribution < -0.4 is 20.3 Å². The predicted octanol–water partition coefficient (Wildman–Crippen LogP) is 5.09. The van der Waals surface area contributed by atoms with E-state index in [1.807, 2.05) is 42.5 Å². The predicted molar refractivity (Wildman–Crippen MR) is 182 cm³/mol. The number of anilines is 5. The van der Waals surface area contributed by atoms with Crippen LogP contribution in [0.2, 0.25) is 0 Å². The van der Waals surface area contributed by atoms with Crippen LogP contribution in [0.1, 0.15) is 26.7 Å². The van der Waals surface area contributed by atoms with Crippen molar-refractivity contribution in [3.63, 3.8) is 0 Å². The Hall–Kier alpha value is -3.93. The van der Waals surface area contributed by atoms with E-state index in [0.29, 0.717) is 34.5 Å². The fraction of sp³-hybridized carbons (Fsp3) is 0.412. The Labute approximate surface area is 266 Å². The van der Waals surface area contributed by atoms with Gasteiger partial charge in [-0.1, -0.05) is 24.3 Å². The Morgan fingerprint density at radius 3 is 2.29 bits per heavy atom. The molecule has 0 radical (unpaired) electrons. The van der Waals surface area contributed by atoms with Crippen LogP contribution in [0.15, 0.2) is 71.6 Å². The summed E-state index contributed by atoms with van der Waals surface area (Å²) in [6, 6.07) is 21.2. The van der Waals surface area contributed by atoms with Crippen LogP contribution in [0.4, 0.5) is 28.8 Å². The number of ether oxygens (including phenoxy) is 1. The first kappa shape index (κ1) is 31.1. The number of piperazine rings is 1. The van der Waals surface area contributed by atoms with Gasteiger partial charge >= 0.3 is 0 Å². The highest BCUT2D eigenvalue weighted by Crippen LogP contribution is 2.44. The Bertz CT molecular complexity index is 1770. The molecule has 0 bridgehead atoms. The van der Waals surface area contributed by atoms with Gasteiger partial charge in [0, 0.05) is 62.5 Å². The van der Waals surface area contributed by atoms with Crippen LogP contribution in [0, 0.1) is 0 Å². The highest BCUT2D eigenvalue weighted by Gasteiger charge is 2.31. The lowest BCUT2D eigenvalue weighted by molar-refractivity contribution is 0.0982. The van der Waals surface area contributed by atoms with Gasteiger partial charge in [0.05, 0.1) is 34.1 Å². The summed E-state index contributed by atoms with van der Waals surface area (Å²) in [7, 11) is 0.159. The summed E-state index contributed by atoms with van der Waals surface area (Å²) in [6.45, 7) is 9.81. The summed E-state index contributed by atoms with van der Waals surface area (Å²) in [5.41, 5.74) is 9.22. The second-order valence-corrected chi connectivity index (χ2v) is 14.7. The van der Waals surface area contributed by atoms with Crippen LogP contribution >= 0.6 is 0 Å². The molecule has 2 N–H and O–H groups in total. The van der Waals surface area contributed by atoms with E-state index in [2.05, 4.69) is 27.8 Å². The molecule has 238 valence electrons. The van der Waals surface area contributed by atoms with Crippen molar-refractivity contribution < 1.29 is 13.2 Å². The lowest BCUT2D eigenvalue weighted by Crippen LogP contribution is -2.52. The lowest BCUT2D eigenvalue weighted by atomic mass is 10.0. The quantitative estimate of drug-likeness (QED) is 0.283. The molecule has 45 heavy (non-hydrogen) atoms. The number of piperidine rings is 1. The van der Waals surface area contributed by atoms with E-state index in [1.54, 1.807) is 44.1 Å². The third kappa shape index (κ3) is 6.16. The van der Waals surface area contributed by atoms with E-state index >= 15 is 0 Å². The summed E-state index contributed by atoms with van der Waals surface area (Å²) in [5, 5.41) is 0.104. The van der Waals surface area contributed by atoms with Crippen molar-refractivity contribution in [2.75, 3.05) is 69.0 Å². The molecule has 2 aliphatic rings. The molecule has 3 heterocycles. The third-order valence-corrected chi connectivity index (χ3v) is 11.3. The number of methoxy groups -OCH3 is 1. The number of nitrogens with two attached hydrogens (primary N) is 1. The number of sulfone groups is 1. The maximum atomic E-state index is 13.6. The molecule has 0 saturated carbocycles. The minimum absolute atomic E-state index is 0.187. The van der Waals surface area contributed by atoms with E-state index in [4.69, 9.17) is 20.4 Å². The molecule has 0 atom stereocenters. The molecule has 3 aromatic carbocycles. The van der Waals surface area contributed by atoms with E-state index in [1.165, 1.54) is 0 Å². The van der Waals surface area contributed by atoms with Gasteiger partial charge in [0.2, 0.25) is 5.95 Å². The Kier molecular flexibility index (Phi) is 8.85. The van der Waals surface area contributed by atoms with Crippen molar-refractivity contribution in [2.45, 2.75) is 42.9 Å². The lowest BCUT2D eigenvalue weighted by Gasteiger charge is -2.42. The van der Waals surface area contributed by atoms with E-state index in [0.717, 1.165) is 63.2 Å². The number of fused-ring (bicyclic) bond motifs is 1. The summed E-state index contributed by atoms with van der Waals surface area (Å²) in [6.07, 6.45) is 2.23. The summed E-state index contributed by atoms with van der Waals surface area (Å²) < 4.78 is 33.3. The Morgan fingerprint density at radius 2 is 1.58 bits per heavy atom. The Morgan fingerprint density at radius 1 is 0.889 bits per heavy atom. The van der Waals surface area contributed by atoms with Gasteiger partial charge in [0.25, 0.3) is 0 Å². The molecular formula is C34H43N7O3S. The van der Waals surface area contributed by atoms with Crippen LogP contribution in [-0.4, -0.2) is 92.9 Å². The fourth-order valence-electron chi connectivity index (χ4n) is 6.39. The smallest absolute Gasteiger partial charge is 0.237 e. The first-order valence-electron chi connectivity index (χ1n) is 15.7. The molecule has 0 spiro atoms. The minimum Gasteiger partial charge on any atom is -0.494 e. The topological polar surface area (TPSA) is 108 Å². The molecule has 2 saturated heterocycles. The molecule has 10 nitrogen and oxygen atoms in total. The highest BCUT2D eigenvalue weighted by atomic mass is 32.2. The number of hydrogen-bond donors (Lipinski definition) is 1. The van der Waals surface area contributed by atoms with Crippen LogP contribution in [0.5, 0.6) is 5.75 Å². The summed E-state index contributed by atoms with van der Waals surface area (Å²) in [5.74, 6) is 1.15. The molecule has 1 aromatic heterocycles. The van der Waals surface area contributed by atoms with Gasteiger partial charge in [-0.3, -0.25) is 9.80 Å². The molecular weight excluding hydrogens is 586 g/mol. The molecule has 0 unspecified atom stereocenters. The van der Waals surface area contributed by atoms with Crippen molar-refractivity contribution in [1.29, 1.82) is 0 Å². The standard InChI is InChI=1S/C34H43N7O3S/c1-24(2)45(42,43)32-12-8-7-11-30(32)41(34-36-28-10-6-5-9-27(28)33(35)37-34)29-14-13-26(23-31(29)44-4)39-17-15-25(16-18-39)40-21-19-38(3)20-22-40/h5-14,23-25H,15-22H2,1-4H3,(H2,35,36,37). The average molecular weight is 630 g/mol. The Balaban J connectivity index is 1.40. The zero-order chi connectivity index (χ0) is 31.7. The molecule has 0 aliphatic carbocycles. The third-order valence-electron chi connectivity index (χ3n) is 9.14. The fourth-order valence-corrected chi connectivity index (χ4v) is 7.62. The molecule has 0 amide bonds. The van der Waals surface area contributed by atoms with Gasteiger partial charge in [-0.25, -0.2) is 13.4 Å². The van der Waals surface area contributed by atoms with Gasteiger partial charge < -0.3 is 20.3 Å². The molecule has 2 fully saturated rings. The van der Waals surface area contributed by atoms with Crippen LogP contribution in [0.25, 0.3) is 10.9 Å². The first-order valence-corrected chi connectivity index (χ1v) is 17.2. The number of likely N-dealkylation sites (N-methyl/N-ethyl adjacent to an activating group) is 1. The van der Waals surface area contributed by atoms with Crippen LogP contribution in [0.3, 0.4) is 0 Å². The number of aromatic nitrogens is 2. The van der Waals surface area contributed by atoms with Crippen molar-refractivity contribution in [1.82, 2.24) is 19.8 Å². The summed E-state index contributed by atoms with van der Waals surface area (Å²) >= 11 is 0. The normalized spacial score (nSPS) is 17.2. The monoisotopic (exact) mass is 629 g/mol. The van der Waals surface area contributed by atoms with Gasteiger partial charge in [0.15, 0.2) is 9.84 Å². The molecule has 6 rings (SSSR count). The van der Waals surface area contributed by atoms with Crippen molar-refractivity contribution in [2.24, 2.45) is 0 Å². The van der Waals surface area contributed by atoms with Crippen LogP contribution in [-0.2, 0) is 9.84 Å². The molecule has 11 heteroatoms. The second kappa shape index (κ2) is 12.8. The molecule has 4 aromatic rings. The zero-order valence-corrected chi connectivity index (χ0v) is 27.4. The van der Waals surface area contributed by atoms with Gasteiger partial charge in [-0.05, 0) is 70.1 Å². The number of benzene rings is 3.